The molecule has 1 fully saturated rings. The van der Waals surface area contributed by atoms with E-state index in [1.807, 2.05) is 44.2 Å². The molecule has 2 rings (SSSR count). The van der Waals surface area contributed by atoms with Crippen LogP contribution in [0.25, 0.3) is 0 Å². The highest BCUT2D eigenvalue weighted by Gasteiger charge is 2.38. The van der Waals surface area contributed by atoms with Crippen LogP contribution in [0.4, 0.5) is 4.79 Å². The molecule has 1 aliphatic rings. The van der Waals surface area contributed by atoms with Crippen molar-refractivity contribution < 1.29 is 24.2 Å². The van der Waals surface area contributed by atoms with Gasteiger partial charge in [0.25, 0.3) is 0 Å². The van der Waals surface area contributed by atoms with Crippen molar-refractivity contribution in [2.75, 3.05) is 6.61 Å². The summed E-state index contributed by atoms with van der Waals surface area (Å²) < 4.78 is 5.27. The van der Waals surface area contributed by atoms with Crippen LogP contribution >= 0.6 is 0 Å². The molecule has 0 aromatic heterocycles. The van der Waals surface area contributed by atoms with E-state index in [1.165, 1.54) is 11.3 Å². The summed E-state index contributed by atoms with van der Waals surface area (Å²) in [4.78, 5) is 41.2. The molecule has 0 aliphatic heterocycles. The molecule has 3 amide bonds. The standard InChI is InChI=1S/C26H41N3O5/c1-6-18(2)29(24(32)21(17-30)28-25(33)34-26(3,4)5)22(19-13-9-7-10-14-19)23(31)27-20-15-11-8-12-16-20/h7,9-10,13-14,18,20-22,30H,6,8,11-12,15-17H2,1-5H3,(H,27,31)(H,28,33). The fourth-order valence-electron chi connectivity index (χ4n) is 4.21. The molecule has 34 heavy (non-hydrogen) atoms. The van der Waals surface area contributed by atoms with Crippen LogP contribution in [0.1, 0.15) is 84.7 Å². The lowest BCUT2D eigenvalue weighted by Crippen LogP contribution is -2.57. The van der Waals surface area contributed by atoms with Gasteiger partial charge in [0, 0.05) is 12.1 Å². The zero-order chi connectivity index (χ0) is 25.3. The maximum absolute atomic E-state index is 13.7. The Labute approximate surface area is 203 Å². The third-order valence-corrected chi connectivity index (χ3v) is 6.09. The maximum Gasteiger partial charge on any atom is 0.408 e. The van der Waals surface area contributed by atoms with E-state index >= 15 is 0 Å². The zero-order valence-corrected chi connectivity index (χ0v) is 21.2. The highest BCUT2D eigenvalue weighted by Crippen LogP contribution is 2.27. The highest BCUT2D eigenvalue weighted by atomic mass is 16.6. The number of carbonyl (C=O) groups is 3. The quantitative estimate of drug-likeness (QED) is 0.505. The van der Waals surface area contributed by atoms with Crippen molar-refractivity contribution in [3.05, 3.63) is 35.9 Å². The van der Waals surface area contributed by atoms with Gasteiger partial charge in [0.15, 0.2) is 0 Å². The number of benzene rings is 1. The van der Waals surface area contributed by atoms with E-state index < -0.39 is 36.3 Å². The molecule has 3 unspecified atom stereocenters. The SMILES string of the molecule is CCC(C)N(C(=O)C(CO)NC(=O)OC(C)(C)C)C(C(=O)NC1CCCCC1)c1ccccc1. The van der Waals surface area contributed by atoms with E-state index in [4.69, 9.17) is 4.74 Å². The summed E-state index contributed by atoms with van der Waals surface area (Å²) in [6.45, 7) is 8.33. The van der Waals surface area contributed by atoms with Crippen molar-refractivity contribution in [2.45, 2.75) is 103 Å². The second-order valence-corrected chi connectivity index (χ2v) is 10.0. The molecule has 1 aromatic carbocycles. The van der Waals surface area contributed by atoms with E-state index in [0.29, 0.717) is 12.0 Å². The molecule has 3 N–H and O–H groups in total. The van der Waals surface area contributed by atoms with Crippen molar-refractivity contribution in [1.82, 2.24) is 15.5 Å². The molecular weight excluding hydrogens is 434 g/mol. The summed E-state index contributed by atoms with van der Waals surface area (Å²) in [6, 6.07) is 6.80. The minimum Gasteiger partial charge on any atom is -0.444 e. The average molecular weight is 476 g/mol. The largest absolute Gasteiger partial charge is 0.444 e. The van der Waals surface area contributed by atoms with Gasteiger partial charge in [0.2, 0.25) is 11.8 Å². The van der Waals surface area contributed by atoms with Gasteiger partial charge in [-0.15, -0.1) is 0 Å². The molecule has 0 heterocycles. The summed E-state index contributed by atoms with van der Waals surface area (Å²) in [5.74, 6) is -0.781. The molecular formula is C26H41N3O5. The zero-order valence-electron chi connectivity index (χ0n) is 21.2. The van der Waals surface area contributed by atoms with E-state index in [9.17, 15) is 19.5 Å². The van der Waals surface area contributed by atoms with Gasteiger partial charge >= 0.3 is 6.09 Å². The van der Waals surface area contributed by atoms with Gasteiger partial charge in [-0.2, -0.15) is 0 Å². The number of amides is 3. The van der Waals surface area contributed by atoms with Crippen LogP contribution < -0.4 is 10.6 Å². The van der Waals surface area contributed by atoms with Gasteiger partial charge in [-0.25, -0.2) is 4.79 Å². The second-order valence-electron chi connectivity index (χ2n) is 10.0. The Kier molecular flexibility index (Phi) is 10.4. The first-order chi connectivity index (χ1) is 16.1. The Hall–Kier alpha value is -2.61. The molecule has 0 spiro atoms. The first kappa shape index (κ1) is 27.6. The Balaban J connectivity index is 2.37. The molecule has 8 nitrogen and oxygen atoms in total. The lowest BCUT2D eigenvalue weighted by atomic mass is 9.94. The maximum atomic E-state index is 13.7. The fourth-order valence-corrected chi connectivity index (χ4v) is 4.21. The van der Waals surface area contributed by atoms with Gasteiger partial charge in [0.1, 0.15) is 17.7 Å². The molecule has 3 atom stereocenters. The lowest BCUT2D eigenvalue weighted by molar-refractivity contribution is -0.146. The Morgan fingerprint density at radius 2 is 1.74 bits per heavy atom. The summed E-state index contributed by atoms with van der Waals surface area (Å²) in [7, 11) is 0. The van der Waals surface area contributed by atoms with Crippen LogP contribution in [-0.2, 0) is 14.3 Å². The molecule has 1 saturated carbocycles. The lowest BCUT2D eigenvalue weighted by Gasteiger charge is -2.38. The minimum absolute atomic E-state index is 0.0786. The third-order valence-electron chi connectivity index (χ3n) is 6.09. The second kappa shape index (κ2) is 12.7. The van der Waals surface area contributed by atoms with Crippen molar-refractivity contribution in [2.24, 2.45) is 0 Å². The van der Waals surface area contributed by atoms with E-state index in [-0.39, 0.29) is 18.0 Å². The van der Waals surface area contributed by atoms with Gasteiger partial charge in [0.05, 0.1) is 6.61 Å². The number of ether oxygens (including phenoxy) is 1. The smallest absolute Gasteiger partial charge is 0.408 e. The number of aliphatic hydroxyl groups excluding tert-OH is 1. The predicted octanol–water partition coefficient (Wildman–Crippen LogP) is 3.69. The van der Waals surface area contributed by atoms with E-state index in [0.717, 1.165) is 25.7 Å². The number of nitrogens with zero attached hydrogens (tertiary/aromatic N) is 1. The van der Waals surface area contributed by atoms with Crippen molar-refractivity contribution in [1.29, 1.82) is 0 Å². The number of hydrogen-bond acceptors (Lipinski definition) is 5. The van der Waals surface area contributed by atoms with E-state index in [2.05, 4.69) is 10.6 Å². The van der Waals surface area contributed by atoms with Crippen LogP contribution in [-0.4, -0.2) is 58.2 Å². The van der Waals surface area contributed by atoms with Gasteiger partial charge in [-0.1, -0.05) is 56.5 Å². The molecule has 190 valence electrons. The Morgan fingerprint density at radius 1 is 1.12 bits per heavy atom. The topological polar surface area (TPSA) is 108 Å². The van der Waals surface area contributed by atoms with Gasteiger partial charge < -0.3 is 25.4 Å². The van der Waals surface area contributed by atoms with Crippen LogP contribution in [0.15, 0.2) is 30.3 Å². The third kappa shape index (κ3) is 8.01. The molecule has 0 radical (unpaired) electrons. The summed E-state index contributed by atoms with van der Waals surface area (Å²) in [5.41, 5.74) is -0.0749. The summed E-state index contributed by atoms with van der Waals surface area (Å²) >= 11 is 0. The number of hydrogen-bond donors (Lipinski definition) is 3. The first-order valence-corrected chi connectivity index (χ1v) is 12.3. The number of nitrogens with one attached hydrogen (secondary N) is 2. The molecule has 0 saturated heterocycles. The normalized spacial score (nSPS) is 17.2. The summed E-state index contributed by atoms with van der Waals surface area (Å²) in [6.07, 6.45) is 4.94. The van der Waals surface area contributed by atoms with Crippen molar-refractivity contribution >= 4 is 17.9 Å². The Morgan fingerprint density at radius 3 is 2.26 bits per heavy atom. The van der Waals surface area contributed by atoms with Crippen LogP contribution in [0.5, 0.6) is 0 Å². The monoisotopic (exact) mass is 475 g/mol. The van der Waals surface area contributed by atoms with Crippen LogP contribution in [0, 0.1) is 0 Å². The number of alkyl carbamates (subject to hydrolysis) is 1. The van der Waals surface area contributed by atoms with Crippen LogP contribution in [0.3, 0.4) is 0 Å². The molecule has 1 aromatic rings. The fraction of sp³-hybridized carbons (Fsp3) is 0.654. The average Bonchev–Trinajstić information content (AvgIpc) is 2.80. The highest BCUT2D eigenvalue weighted by molar-refractivity contribution is 5.92. The molecule has 1 aliphatic carbocycles. The molecule has 8 heteroatoms. The van der Waals surface area contributed by atoms with Gasteiger partial charge in [-0.3, -0.25) is 9.59 Å². The van der Waals surface area contributed by atoms with E-state index in [1.54, 1.807) is 20.8 Å². The van der Waals surface area contributed by atoms with Gasteiger partial charge in [-0.05, 0) is 52.5 Å². The first-order valence-electron chi connectivity index (χ1n) is 12.3. The predicted molar refractivity (Wildman–Crippen MR) is 131 cm³/mol. The minimum atomic E-state index is -1.24. The number of rotatable bonds is 9. The Bertz CT molecular complexity index is 802. The van der Waals surface area contributed by atoms with Crippen molar-refractivity contribution in [3.63, 3.8) is 0 Å². The summed E-state index contributed by atoms with van der Waals surface area (Å²) in [5, 5.41) is 15.6. The van der Waals surface area contributed by atoms with Crippen molar-refractivity contribution in [3.8, 4) is 0 Å². The number of aliphatic hydroxyl groups is 1. The number of carbonyl (C=O) groups excluding carboxylic acids is 3. The molecule has 0 bridgehead atoms. The van der Waals surface area contributed by atoms with Crippen LogP contribution in [0.2, 0.25) is 0 Å².